The highest BCUT2D eigenvalue weighted by Gasteiger charge is 2.46. The summed E-state index contributed by atoms with van der Waals surface area (Å²) in [6.07, 6.45) is 2.69. The zero-order valence-electron chi connectivity index (χ0n) is 33.3. The Kier molecular flexibility index (Phi) is 9.86. The fourth-order valence-corrected chi connectivity index (χ4v) is 10.4. The third-order valence-electron chi connectivity index (χ3n) is 13.2. The molecule has 306 valence electrons. The average Bonchev–Trinajstić information content (AvgIpc) is 3.53. The highest BCUT2D eigenvalue weighted by Crippen LogP contribution is 2.41. The first kappa shape index (κ1) is 38.4. The number of amides is 5. The van der Waals surface area contributed by atoms with Gasteiger partial charge in [0.2, 0.25) is 11.8 Å². The Hall–Kier alpha value is -5.15. The Balaban J connectivity index is 0.783. The molecular formula is C42H51ClN10O5. The van der Waals surface area contributed by atoms with E-state index in [-0.39, 0.29) is 58.6 Å². The number of anilines is 3. The van der Waals surface area contributed by atoms with Crippen LogP contribution in [-0.2, 0) is 16.1 Å². The Bertz CT molecular complexity index is 2150. The fraction of sp³-hybridized carbons (Fsp3) is 0.524. The molecule has 0 radical (unpaired) electrons. The van der Waals surface area contributed by atoms with E-state index >= 15 is 0 Å². The topological polar surface area (TPSA) is 158 Å². The molecule has 0 spiro atoms. The largest absolute Gasteiger partial charge is 0.506 e. The molecule has 9 rings (SSSR count). The number of phenolic OH excluding ortho intramolecular Hbond substituents is 1. The number of para-hydroxylation sites is 1. The van der Waals surface area contributed by atoms with Crippen molar-refractivity contribution in [2.75, 3.05) is 74.0 Å². The molecule has 3 N–H and O–H groups in total. The van der Waals surface area contributed by atoms with Crippen LogP contribution >= 0.6 is 11.6 Å². The molecule has 6 aliphatic heterocycles. The number of imide groups is 1. The summed E-state index contributed by atoms with van der Waals surface area (Å²) in [5.74, 6) is 0.388. The van der Waals surface area contributed by atoms with Crippen molar-refractivity contribution in [1.29, 1.82) is 0 Å². The molecular weight excluding hydrogens is 760 g/mol. The molecule has 6 aliphatic rings. The molecule has 4 saturated heterocycles. The first-order valence-electron chi connectivity index (χ1n) is 20.6. The SMILES string of the molecule is C[C@@H]1CN(CC2CCN(c3ccc4c(c3)C(=O)N([C@@H]3CCC(=O)NC3=O)C4)CC2)C[C@@H](C)N1C(=O)N1CCN2c3cc(-c4cccc(Cl)c4O)nnc3NC[C@@]2(C)C1. The second-order valence-electron chi connectivity index (χ2n) is 17.3. The Morgan fingerprint density at radius 1 is 0.966 bits per heavy atom. The van der Waals surface area contributed by atoms with E-state index in [0.29, 0.717) is 67.7 Å². The Morgan fingerprint density at radius 3 is 2.50 bits per heavy atom. The van der Waals surface area contributed by atoms with Crippen molar-refractivity contribution < 1.29 is 24.3 Å². The number of hydrogen-bond acceptors (Lipinski definition) is 11. The van der Waals surface area contributed by atoms with Gasteiger partial charge in [0.15, 0.2) is 5.82 Å². The highest BCUT2D eigenvalue weighted by molar-refractivity contribution is 6.32. The molecule has 4 fully saturated rings. The van der Waals surface area contributed by atoms with Gasteiger partial charge in [-0.25, -0.2) is 4.79 Å². The van der Waals surface area contributed by atoms with Crippen molar-refractivity contribution in [1.82, 2.24) is 35.1 Å². The van der Waals surface area contributed by atoms with Crippen LogP contribution < -0.4 is 20.4 Å². The Labute approximate surface area is 343 Å². The number of rotatable bonds is 5. The van der Waals surface area contributed by atoms with Gasteiger partial charge in [-0.05, 0) is 81.8 Å². The quantitative estimate of drug-likeness (QED) is 0.320. The van der Waals surface area contributed by atoms with Gasteiger partial charge in [-0.3, -0.25) is 24.6 Å². The van der Waals surface area contributed by atoms with Crippen LogP contribution in [0.25, 0.3) is 11.3 Å². The van der Waals surface area contributed by atoms with E-state index in [2.05, 4.69) is 67.3 Å². The molecule has 4 atom stereocenters. The fourth-order valence-electron chi connectivity index (χ4n) is 10.2. The first-order valence-corrected chi connectivity index (χ1v) is 20.9. The van der Waals surface area contributed by atoms with Gasteiger partial charge in [-0.15, -0.1) is 10.2 Å². The number of piperidine rings is 2. The Morgan fingerprint density at radius 2 is 1.74 bits per heavy atom. The molecule has 7 heterocycles. The van der Waals surface area contributed by atoms with E-state index in [1.807, 2.05) is 23.1 Å². The number of urea groups is 1. The molecule has 16 heteroatoms. The second kappa shape index (κ2) is 14.9. The third kappa shape index (κ3) is 6.85. The summed E-state index contributed by atoms with van der Waals surface area (Å²) in [5, 5.41) is 25.5. The lowest BCUT2D eigenvalue weighted by molar-refractivity contribution is -0.136. The van der Waals surface area contributed by atoms with Crippen molar-refractivity contribution in [3.8, 4) is 17.0 Å². The summed E-state index contributed by atoms with van der Waals surface area (Å²) >= 11 is 6.20. The highest BCUT2D eigenvalue weighted by atomic mass is 35.5. The zero-order valence-corrected chi connectivity index (χ0v) is 34.0. The van der Waals surface area contributed by atoms with Crippen LogP contribution in [-0.4, -0.2) is 141 Å². The van der Waals surface area contributed by atoms with E-state index in [4.69, 9.17) is 11.6 Å². The molecule has 2 aromatic carbocycles. The van der Waals surface area contributed by atoms with Crippen LogP contribution in [0.15, 0.2) is 42.5 Å². The van der Waals surface area contributed by atoms with Gasteiger partial charge in [0.1, 0.15) is 11.8 Å². The van der Waals surface area contributed by atoms with Crippen molar-refractivity contribution in [3.63, 3.8) is 0 Å². The number of fused-ring (bicyclic) bond motifs is 4. The van der Waals surface area contributed by atoms with Crippen LogP contribution in [0.5, 0.6) is 5.75 Å². The molecule has 5 amide bonds. The van der Waals surface area contributed by atoms with E-state index < -0.39 is 6.04 Å². The van der Waals surface area contributed by atoms with Gasteiger partial charge in [0.05, 0.1) is 21.9 Å². The van der Waals surface area contributed by atoms with E-state index in [0.717, 1.165) is 62.5 Å². The number of nitrogens with one attached hydrogen (secondary N) is 2. The number of carbonyl (C=O) groups excluding carboxylic acids is 4. The number of benzene rings is 2. The molecule has 0 saturated carbocycles. The maximum absolute atomic E-state index is 14.3. The normalized spacial score (nSPS) is 26.6. The number of nitrogens with zero attached hydrogens (tertiary/aromatic N) is 8. The summed E-state index contributed by atoms with van der Waals surface area (Å²) in [7, 11) is 0. The lowest BCUT2D eigenvalue weighted by Crippen LogP contribution is -2.69. The minimum absolute atomic E-state index is 0.0247. The maximum atomic E-state index is 14.3. The van der Waals surface area contributed by atoms with E-state index in [1.54, 1.807) is 23.1 Å². The smallest absolute Gasteiger partial charge is 0.320 e. The van der Waals surface area contributed by atoms with Gasteiger partial charge in [-0.1, -0.05) is 23.7 Å². The van der Waals surface area contributed by atoms with Gasteiger partial charge >= 0.3 is 6.03 Å². The van der Waals surface area contributed by atoms with Gasteiger partial charge in [-0.2, -0.15) is 0 Å². The maximum Gasteiger partial charge on any atom is 0.320 e. The number of carbonyl (C=O) groups is 4. The van der Waals surface area contributed by atoms with Crippen LogP contribution in [0, 0.1) is 5.92 Å². The standard InChI is InChI=1S/C42H51ClN10O5/c1-25-19-48(21-27-11-13-49(14-12-27)29-8-7-28-22-51(40(57)31(28)17-29)34-9-10-36(54)45-39(34)56)20-26(2)53(25)41(58)50-15-16-52-35-18-33(30-5-4-6-32(43)37(30)55)46-47-38(35)44-23-42(52,3)24-50/h4-8,17-18,25-27,34,55H,9-16,19-24H2,1-3H3,(H,44,47)(H,45,54,56)/t25-,26-,34-,42+/m1/s1. The van der Waals surface area contributed by atoms with Crippen molar-refractivity contribution in [2.24, 2.45) is 5.92 Å². The number of aromatic nitrogens is 2. The van der Waals surface area contributed by atoms with Gasteiger partial charge < -0.3 is 34.9 Å². The van der Waals surface area contributed by atoms with Crippen LogP contribution in [0.3, 0.4) is 0 Å². The van der Waals surface area contributed by atoms with Crippen molar-refractivity contribution in [2.45, 2.75) is 76.7 Å². The lowest BCUT2D eigenvalue weighted by Gasteiger charge is -2.54. The van der Waals surface area contributed by atoms with Crippen molar-refractivity contribution >= 4 is 52.5 Å². The summed E-state index contributed by atoms with van der Waals surface area (Å²) in [6, 6.07) is 12.8. The summed E-state index contributed by atoms with van der Waals surface area (Å²) in [5.41, 5.74) is 4.18. The molecule has 0 aliphatic carbocycles. The summed E-state index contributed by atoms with van der Waals surface area (Å²) in [4.78, 5) is 64.8. The molecule has 3 aromatic rings. The predicted molar refractivity (Wildman–Crippen MR) is 220 cm³/mol. The third-order valence-corrected chi connectivity index (χ3v) is 13.5. The average molecular weight is 811 g/mol. The van der Waals surface area contributed by atoms with E-state index in [1.165, 1.54) is 0 Å². The predicted octanol–water partition coefficient (Wildman–Crippen LogP) is 4.00. The number of piperazine rings is 2. The second-order valence-corrected chi connectivity index (χ2v) is 17.7. The van der Waals surface area contributed by atoms with Crippen LogP contribution in [0.1, 0.15) is 62.4 Å². The van der Waals surface area contributed by atoms with E-state index in [9.17, 15) is 24.3 Å². The van der Waals surface area contributed by atoms with Crippen molar-refractivity contribution in [3.05, 3.63) is 58.6 Å². The monoisotopic (exact) mass is 810 g/mol. The lowest BCUT2D eigenvalue weighted by atomic mass is 9.92. The molecule has 15 nitrogen and oxygen atoms in total. The molecule has 0 unspecified atom stereocenters. The zero-order chi connectivity index (χ0) is 40.5. The molecule has 1 aromatic heterocycles. The summed E-state index contributed by atoms with van der Waals surface area (Å²) < 4.78 is 0. The number of halogens is 1. The minimum Gasteiger partial charge on any atom is -0.506 e. The minimum atomic E-state index is -0.612. The number of phenols is 1. The first-order chi connectivity index (χ1) is 27.9. The number of aromatic hydroxyl groups is 1. The van der Waals surface area contributed by atoms with Crippen LogP contribution in [0.2, 0.25) is 5.02 Å². The molecule has 0 bridgehead atoms. The van der Waals surface area contributed by atoms with Gasteiger partial charge in [0.25, 0.3) is 5.91 Å². The summed E-state index contributed by atoms with van der Waals surface area (Å²) in [6.45, 7) is 13.8. The number of hydrogen-bond donors (Lipinski definition) is 3. The molecule has 58 heavy (non-hydrogen) atoms. The van der Waals surface area contributed by atoms with Gasteiger partial charge in [0, 0.05) is 101 Å². The van der Waals surface area contributed by atoms with Crippen LogP contribution in [0.4, 0.5) is 22.0 Å².